The quantitative estimate of drug-likeness (QED) is 0.150. The van der Waals surface area contributed by atoms with E-state index in [1.54, 1.807) is 78.9 Å². The first-order valence-corrected chi connectivity index (χ1v) is 14.0. The van der Waals surface area contributed by atoms with Crippen LogP contribution in [-0.2, 0) is 14.3 Å². The molecular formula is C33H27ClN2O5. The van der Waals surface area contributed by atoms with E-state index in [9.17, 15) is 19.2 Å². The van der Waals surface area contributed by atoms with E-state index < -0.39 is 12.6 Å². The Kier molecular flexibility index (Phi) is 7.14. The van der Waals surface area contributed by atoms with E-state index in [1.807, 2.05) is 0 Å². The molecule has 2 amide bonds. The summed E-state index contributed by atoms with van der Waals surface area (Å²) in [5.41, 5.74) is 2.73. The van der Waals surface area contributed by atoms with Crippen molar-refractivity contribution in [2.24, 2.45) is 17.8 Å². The molecule has 1 aliphatic heterocycles. The fraction of sp³-hybridized carbons (Fsp3) is 0.242. The molecule has 4 aromatic rings. The van der Waals surface area contributed by atoms with Crippen LogP contribution in [0.3, 0.4) is 0 Å². The van der Waals surface area contributed by atoms with Crippen molar-refractivity contribution in [3.63, 3.8) is 0 Å². The molecule has 1 aliphatic carbocycles. The lowest BCUT2D eigenvalue weighted by molar-refractivity contribution is -0.122. The van der Waals surface area contributed by atoms with E-state index in [0.29, 0.717) is 44.4 Å². The summed E-state index contributed by atoms with van der Waals surface area (Å²) in [5, 5.41) is 0.862. The Balaban J connectivity index is 1.29. The highest BCUT2D eigenvalue weighted by molar-refractivity contribution is 6.35. The SMILES string of the molecule is CC1CCC2C(=O)N(c3ccc(-c4cc(C(=O)OCC(=O)c5ccccc5)c5cccc(Cl)c5n4)cc3)C(=O)C2C1. The average Bonchev–Trinajstić information content (AvgIpc) is 3.24. The minimum absolute atomic E-state index is 0.134. The lowest BCUT2D eigenvalue weighted by atomic mass is 9.76. The van der Waals surface area contributed by atoms with Crippen molar-refractivity contribution in [2.75, 3.05) is 11.5 Å². The van der Waals surface area contributed by atoms with Crippen molar-refractivity contribution in [3.05, 3.63) is 95.0 Å². The van der Waals surface area contributed by atoms with Gasteiger partial charge >= 0.3 is 5.97 Å². The van der Waals surface area contributed by atoms with Crippen molar-refractivity contribution in [1.29, 1.82) is 0 Å². The van der Waals surface area contributed by atoms with Crippen LogP contribution in [0.1, 0.15) is 46.9 Å². The summed E-state index contributed by atoms with van der Waals surface area (Å²) in [6.07, 6.45) is 2.43. The topological polar surface area (TPSA) is 93.6 Å². The van der Waals surface area contributed by atoms with E-state index in [-0.39, 0.29) is 35.0 Å². The number of anilines is 1. The number of carbonyl (C=O) groups excluding carboxylic acids is 4. The van der Waals surface area contributed by atoms with E-state index >= 15 is 0 Å². The molecule has 2 fully saturated rings. The summed E-state index contributed by atoms with van der Waals surface area (Å²) < 4.78 is 5.41. The van der Waals surface area contributed by atoms with Crippen LogP contribution < -0.4 is 4.90 Å². The average molecular weight is 567 g/mol. The molecule has 7 nitrogen and oxygen atoms in total. The fourth-order valence-electron chi connectivity index (χ4n) is 5.87. The van der Waals surface area contributed by atoms with Crippen LogP contribution in [-0.4, -0.2) is 35.2 Å². The number of ketones is 1. The summed E-state index contributed by atoms with van der Waals surface area (Å²) in [6, 6.07) is 22.3. The van der Waals surface area contributed by atoms with Crippen molar-refractivity contribution in [1.82, 2.24) is 4.98 Å². The predicted octanol–water partition coefficient (Wildman–Crippen LogP) is 6.52. The lowest BCUT2D eigenvalue weighted by Gasteiger charge is -2.25. The number of esters is 1. The van der Waals surface area contributed by atoms with E-state index in [0.717, 1.165) is 19.3 Å². The van der Waals surface area contributed by atoms with Crippen molar-refractivity contribution >= 4 is 51.8 Å². The summed E-state index contributed by atoms with van der Waals surface area (Å²) in [5.74, 6) is -1.32. The summed E-state index contributed by atoms with van der Waals surface area (Å²) in [4.78, 5) is 58.0. The Hall–Kier alpha value is -4.36. The maximum absolute atomic E-state index is 13.2. The molecule has 3 atom stereocenters. The van der Waals surface area contributed by atoms with Crippen LogP contribution in [0.25, 0.3) is 22.2 Å². The molecular weight excluding hydrogens is 540 g/mol. The Morgan fingerprint density at radius 1 is 0.927 bits per heavy atom. The molecule has 8 heteroatoms. The largest absolute Gasteiger partial charge is 0.454 e. The first-order valence-electron chi connectivity index (χ1n) is 13.6. The molecule has 0 radical (unpaired) electrons. The third-order valence-electron chi connectivity index (χ3n) is 8.05. The highest BCUT2D eigenvalue weighted by Gasteiger charge is 2.49. The van der Waals surface area contributed by atoms with Gasteiger partial charge in [0.15, 0.2) is 12.4 Å². The number of imide groups is 1. The van der Waals surface area contributed by atoms with Gasteiger partial charge in [-0.2, -0.15) is 0 Å². The molecule has 206 valence electrons. The van der Waals surface area contributed by atoms with E-state index in [2.05, 4.69) is 6.92 Å². The van der Waals surface area contributed by atoms with Crippen molar-refractivity contribution in [3.8, 4) is 11.3 Å². The number of amides is 2. The fourth-order valence-corrected chi connectivity index (χ4v) is 6.09. The maximum atomic E-state index is 13.2. The molecule has 6 rings (SSSR count). The zero-order valence-electron chi connectivity index (χ0n) is 22.4. The van der Waals surface area contributed by atoms with Gasteiger partial charge in [0.05, 0.1) is 39.3 Å². The van der Waals surface area contributed by atoms with Gasteiger partial charge in [0.1, 0.15) is 0 Å². The number of nitrogens with zero attached hydrogens (tertiary/aromatic N) is 2. The van der Waals surface area contributed by atoms with Gasteiger partial charge in [-0.05, 0) is 49.4 Å². The third-order valence-corrected chi connectivity index (χ3v) is 8.35. The molecule has 3 aromatic carbocycles. The Morgan fingerprint density at radius 3 is 2.41 bits per heavy atom. The number of carbonyl (C=O) groups is 4. The summed E-state index contributed by atoms with van der Waals surface area (Å²) in [6.45, 7) is 1.72. The third kappa shape index (κ3) is 5.02. The number of Topliss-reactive ketones (excluding diaryl/α,β-unsaturated/α-hetero) is 1. The number of benzene rings is 3. The molecule has 0 N–H and O–H groups in total. The molecule has 0 spiro atoms. The zero-order chi connectivity index (χ0) is 28.7. The van der Waals surface area contributed by atoms with Gasteiger partial charge in [0, 0.05) is 16.5 Å². The number of para-hydroxylation sites is 1. The second-order valence-electron chi connectivity index (χ2n) is 10.7. The Morgan fingerprint density at radius 2 is 1.66 bits per heavy atom. The minimum atomic E-state index is -0.674. The van der Waals surface area contributed by atoms with Gasteiger partial charge in [-0.3, -0.25) is 19.3 Å². The van der Waals surface area contributed by atoms with Crippen molar-refractivity contribution < 1.29 is 23.9 Å². The molecule has 3 unspecified atom stereocenters. The molecule has 0 bridgehead atoms. The molecule has 2 heterocycles. The van der Waals surface area contributed by atoms with Gasteiger partial charge in [-0.15, -0.1) is 0 Å². The van der Waals surface area contributed by atoms with E-state index in [1.165, 1.54) is 4.90 Å². The van der Waals surface area contributed by atoms with Gasteiger partial charge in [0.25, 0.3) is 0 Å². The number of fused-ring (bicyclic) bond motifs is 2. The van der Waals surface area contributed by atoms with Gasteiger partial charge < -0.3 is 4.74 Å². The minimum Gasteiger partial charge on any atom is -0.454 e. The lowest BCUT2D eigenvalue weighted by Crippen LogP contribution is -2.30. The molecule has 1 saturated carbocycles. The highest BCUT2D eigenvalue weighted by Crippen LogP contribution is 2.42. The van der Waals surface area contributed by atoms with Crippen LogP contribution in [0.5, 0.6) is 0 Å². The number of rotatable bonds is 6. The zero-order valence-corrected chi connectivity index (χ0v) is 23.1. The number of ether oxygens (including phenoxy) is 1. The Bertz CT molecular complexity index is 1690. The van der Waals surface area contributed by atoms with E-state index in [4.69, 9.17) is 21.3 Å². The van der Waals surface area contributed by atoms with Crippen molar-refractivity contribution in [2.45, 2.75) is 26.2 Å². The highest BCUT2D eigenvalue weighted by atomic mass is 35.5. The molecule has 1 saturated heterocycles. The van der Waals surface area contributed by atoms with Crippen LogP contribution in [0.15, 0.2) is 78.9 Å². The van der Waals surface area contributed by atoms with Crippen LogP contribution in [0, 0.1) is 17.8 Å². The number of hydrogen-bond acceptors (Lipinski definition) is 6. The smallest absolute Gasteiger partial charge is 0.339 e. The summed E-state index contributed by atoms with van der Waals surface area (Å²) >= 11 is 6.46. The number of aromatic nitrogens is 1. The Labute approximate surface area is 242 Å². The molecule has 41 heavy (non-hydrogen) atoms. The predicted molar refractivity (Wildman–Crippen MR) is 156 cm³/mol. The number of pyridine rings is 1. The first-order chi connectivity index (χ1) is 19.8. The number of halogens is 1. The second-order valence-corrected chi connectivity index (χ2v) is 11.2. The van der Waals surface area contributed by atoms with Gasteiger partial charge in [0.2, 0.25) is 11.8 Å². The number of hydrogen-bond donors (Lipinski definition) is 0. The second kappa shape index (κ2) is 10.9. The van der Waals surface area contributed by atoms with Gasteiger partial charge in [-0.1, -0.05) is 73.1 Å². The van der Waals surface area contributed by atoms with Crippen LogP contribution >= 0.6 is 11.6 Å². The first kappa shape index (κ1) is 26.8. The van der Waals surface area contributed by atoms with Gasteiger partial charge in [-0.25, -0.2) is 9.78 Å². The molecule has 1 aromatic heterocycles. The van der Waals surface area contributed by atoms with Crippen LogP contribution in [0.2, 0.25) is 5.02 Å². The normalized spacial score (nSPS) is 20.2. The maximum Gasteiger partial charge on any atom is 0.339 e. The standard InChI is InChI=1S/C33H27ClN2O5/c1-19-10-15-24-25(16-19)32(39)36(31(24)38)22-13-11-20(12-14-22)28-17-26(23-8-5-9-27(34)30(23)35-28)33(40)41-18-29(37)21-6-3-2-4-7-21/h2-9,11-14,17,19,24-25H,10,15-16,18H2,1H3. The van der Waals surface area contributed by atoms with Crippen LogP contribution in [0.4, 0.5) is 5.69 Å². The summed E-state index contributed by atoms with van der Waals surface area (Å²) in [7, 11) is 0. The monoisotopic (exact) mass is 566 g/mol. The molecule has 2 aliphatic rings.